The number of hydrogen-bond acceptors (Lipinski definition) is 2. The molecule has 0 bridgehead atoms. The molecule has 17 heavy (non-hydrogen) atoms. The Kier molecular flexibility index (Phi) is 3.77. The third-order valence-electron chi connectivity index (χ3n) is 2.85. The molecule has 88 valence electrons. The van der Waals surface area contributed by atoms with Crippen molar-refractivity contribution >= 4 is 11.6 Å². The number of hydrogen-bond donors (Lipinski definition) is 1. The van der Waals surface area contributed by atoms with E-state index in [-0.39, 0.29) is 0 Å². The lowest BCUT2D eigenvalue weighted by Crippen LogP contribution is -2.28. The van der Waals surface area contributed by atoms with Crippen molar-refractivity contribution in [3.8, 4) is 0 Å². The van der Waals surface area contributed by atoms with E-state index in [4.69, 9.17) is 11.6 Å². The quantitative estimate of drug-likeness (QED) is 0.843. The van der Waals surface area contributed by atoms with Gasteiger partial charge in [-0.25, -0.2) is 0 Å². The van der Waals surface area contributed by atoms with Crippen LogP contribution in [0, 0.1) is 0 Å². The first kappa shape index (κ1) is 12.1. The molecule has 1 aromatic carbocycles. The predicted octanol–water partition coefficient (Wildman–Crippen LogP) is 2.95. The van der Waals surface area contributed by atoms with Crippen molar-refractivity contribution < 1.29 is 5.11 Å². The maximum atomic E-state index is 10.8. The first-order valence-corrected chi connectivity index (χ1v) is 6.05. The van der Waals surface area contributed by atoms with Gasteiger partial charge in [-0.3, -0.25) is 4.98 Å². The number of pyridine rings is 1. The van der Waals surface area contributed by atoms with Crippen LogP contribution in [0.4, 0.5) is 0 Å². The van der Waals surface area contributed by atoms with E-state index >= 15 is 0 Å². The van der Waals surface area contributed by atoms with Crippen LogP contribution in [-0.4, -0.2) is 16.0 Å². The maximum absolute atomic E-state index is 10.8. The van der Waals surface area contributed by atoms with Crippen molar-refractivity contribution in [2.24, 2.45) is 0 Å². The van der Waals surface area contributed by atoms with E-state index in [0.29, 0.717) is 12.3 Å². The van der Waals surface area contributed by atoms with Crippen molar-refractivity contribution in [3.05, 3.63) is 66.0 Å². The van der Waals surface area contributed by atoms with Gasteiger partial charge < -0.3 is 5.11 Å². The summed E-state index contributed by atoms with van der Waals surface area (Å²) in [7, 11) is 0. The molecule has 0 aliphatic carbocycles. The largest absolute Gasteiger partial charge is 0.380 e. The molecule has 0 saturated carbocycles. The van der Waals surface area contributed by atoms with Crippen LogP contribution in [0.2, 0.25) is 0 Å². The predicted molar refractivity (Wildman–Crippen MR) is 69.0 cm³/mol. The standard InChI is InChI=1S/C14H14ClNO/c15-9-8-14(17,12-5-2-1-3-6-12)13-7-4-10-16-11-13/h1-7,10-11,17H,8-9H2. The fraction of sp³-hybridized carbons (Fsp3) is 0.214. The van der Waals surface area contributed by atoms with Gasteiger partial charge in [0.2, 0.25) is 0 Å². The van der Waals surface area contributed by atoms with Gasteiger partial charge in [0.15, 0.2) is 0 Å². The summed E-state index contributed by atoms with van der Waals surface area (Å²) in [6.45, 7) is 0. The zero-order valence-electron chi connectivity index (χ0n) is 9.38. The highest BCUT2D eigenvalue weighted by molar-refractivity contribution is 6.17. The van der Waals surface area contributed by atoms with Crippen molar-refractivity contribution in [2.45, 2.75) is 12.0 Å². The zero-order valence-corrected chi connectivity index (χ0v) is 10.1. The third-order valence-corrected chi connectivity index (χ3v) is 3.04. The fourth-order valence-electron chi connectivity index (χ4n) is 1.91. The van der Waals surface area contributed by atoms with Crippen LogP contribution in [0.3, 0.4) is 0 Å². The lowest BCUT2D eigenvalue weighted by molar-refractivity contribution is 0.0771. The number of rotatable bonds is 4. The Bertz CT molecular complexity index is 419. The molecule has 0 aliphatic heterocycles. The number of nitrogens with zero attached hydrogens (tertiary/aromatic N) is 1. The van der Waals surface area contributed by atoms with Gasteiger partial charge in [-0.2, -0.15) is 0 Å². The topological polar surface area (TPSA) is 33.1 Å². The Morgan fingerprint density at radius 3 is 2.35 bits per heavy atom. The highest BCUT2D eigenvalue weighted by Gasteiger charge is 2.30. The first-order chi connectivity index (χ1) is 8.27. The molecule has 2 rings (SSSR count). The lowest BCUT2D eigenvalue weighted by atomic mass is 9.85. The molecule has 1 unspecified atom stereocenters. The minimum atomic E-state index is -1.06. The fourth-order valence-corrected chi connectivity index (χ4v) is 2.19. The summed E-state index contributed by atoms with van der Waals surface area (Å²) in [5.74, 6) is 0.389. The third kappa shape index (κ3) is 2.48. The first-order valence-electron chi connectivity index (χ1n) is 5.52. The van der Waals surface area contributed by atoms with Crippen LogP contribution in [0.15, 0.2) is 54.9 Å². The molecule has 0 fully saturated rings. The van der Waals surface area contributed by atoms with Gasteiger partial charge in [0.05, 0.1) is 0 Å². The van der Waals surface area contributed by atoms with Gasteiger partial charge in [-0.05, 0) is 18.1 Å². The molecule has 3 heteroatoms. The average molecular weight is 248 g/mol. The molecule has 0 radical (unpaired) electrons. The Labute approximate surface area is 106 Å². The van der Waals surface area contributed by atoms with Gasteiger partial charge in [0.25, 0.3) is 0 Å². The molecule has 1 N–H and O–H groups in total. The number of aromatic nitrogens is 1. The van der Waals surface area contributed by atoms with Gasteiger partial charge in [0, 0.05) is 23.8 Å². The molecule has 1 atom stereocenters. The lowest BCUT2D eigenvalue weighted by Gasteiger charge is -2.28. The molecule has 0 spiro atoms. The summed E-state index contributed by atoms with van der Waals surface area (Å²) < 4.78 is 0. The minimum absolute atomic E-state index is 0.389. The van der Waals surface area contributed by atoms with E-state index < -0.39 is 5.60 Å². The summed E-state index contributed by atoms with van der Waals surface area (Å²) in [5, 5.41) is 10.8. The molecule has 0 aliphatic rings. The second kappa shape index (κ2) is 5.30. The maximum Gasteiger partial charge on any atom is 0.117 e. The minimum Gasteiger partial charge on any atom is -0.380 e. The molecule has 0 amide bonds. The molecule has 1 aromatic heterocycles. The van der Waals surface area contributed by atoms with E-state index in [1.807, 2.05) is 42.5 Å². The van der Waals surface area contributed by atoms with Crippen LogP contribution < -0.4 is 0 Å². The Balaban J connectivity index is 2.47. The van der Waals surface area contributed by atoms with Gasteiger partial charge in [-0.15, -0.1) is 11.6 Å². The molecule has 0 saturated heterocycles. The molecular formula is C14H14ClNO. The second-order valence-electron chi connectivity index (χ2n) is 3.91. The van der Waals surface area contributed by atoms with Gasteiger partial charge in [0.1, 0.15) is 5.60 Å². The van der Waals surface area contributed by atoms with E-state index in [1.165, 1.54) is 0 Å². The van der Waals surface area contributed by atoms with Crippen molar-refractivity contribution in [1.82, 2.24) is 4.98 Å². The summed E-state index contributed by atoms with van der Waals surface area (Å²) >= 11 is 5.81. The zero-order chi connectivity index (χ0) is 12.1. The monoisotopic (exact) mass is 247 g/mol. The Morgan fingerprint density at radius 2 is 1.76 bits per heavy atom. The average Bonchev–Trinajstić information content (AvgIpc) is 2.41. The second-order valence-corrected chi connectivity index (χ2v) is 4.28. The summed E-state index contributed by atoms with van der Waals surface area (Å²) in [5.41, 5.74) is 0.553. The Hall–Kier alpha value is -1.38. The summed E-state index contributed by atoms with van der Waals surface area (Å²) in [4.78, 5) is 4.06. The summed E-state index contributed by atoms with van der Waals surface area (Å²) in [6.07, 6.45) is 3.83. The van der Waals surface area contributed by atoms with Gasteiger partial charge >= 0.3 is 0 Å². The molecule has 1 heterocycles. The number of benzene rings is 1. The summed E-state index contributed by atoms with van der Waals surface area (Å²) in [6, 6.07) is 13.2. The highest BCUT2D eigenvalue weighted by Crippen LogP contribution is 2.32. The van der Waals surface area contributed by atoms with E-state index in [9.17, 15) is 5.11 Å². The van der Waals surface area contributed by atoms with E-state index in [0.717, 1.165) is 11.1 Å². The van der Waals surface area contributed by atoms with Crippen LogP contribution in [0.1, 0.15) is 17.5 Å². The highest BCUT2D eigenvalue weighted by atomic mass is 35.5. The number of halogens is 1. The van der Waals surface area contributed by atoms with Crippen LogP contribution in [0.5, 0.6) is 0 Å². The van der Waals surface area contributed by atoms with Crippen LogP contribution >= 0.6 is 11.6 Å². The van der Waals surface area contributed by atoms with E-state index in [2.05, 4.69) is 4.98 Å². The van der Waals surface area contributed by atoms with Crippen LogP contribution in [-0.2, 0) is 5.60 Å². The Morgan fingerprint density at radius 1 is 1.06 bits per heavy atom. The number of alkyl halides is 1. The molecule has 2 aromatic rings. The van der Waals surface area contributed by atoms with Crippen molar-refractivity contribution in [3.63, 3.8) is 0 Å². The normalized spacial score (nSPS) is 14.2. The molecule has 2 nitrogen and oxygen atoms in total. The van der Waals surface area contributed by atoms with Crippen molar-refractivity contribution in [1.29, 1.82) is 0 Å². The van der Waals surface area contributed by atoms with Crippen molar-refractivity contribution in [2.75, 3.05) is 5.88 Å². The van der Waals surface area contributed by atoms with Gasteiger partial charge in [-0.1, -0.05) is 36.4 Å². The number of aliphatic hydroxyl groups is 1. The van der Waals surface area contributed by atoms with E-state index in [1.54, 1.807) is 12.4 Å². The molecular weight excluding hydrogens is 234 g/mol. The van der Waals surface area contributed by atoms with Crippen LogP contribution in [0.25, 0.3) is 0 Å². The SMILES string of the molecule is OC(CCCl)(c1ccccc1)c1cccnc1. The smallest absolute Gasteiger partial charge is 0.117 e.